The van der Waals surface area contributed by atoms with E-state index < -0.39 is 0 Å². The van der Waals surface area contributed by atoms with Crippen LogP contribution >= 0.6 is 12.4 Å². The molecular weight excluding hydrogens is 187 g/mol. The summed E-state index contributed by atoms with van der Waals surface area (Å²) in [6, 6.07) is 0. The zero-order chi connectivity index (χ0) is 7.40. The van der Waals surface area contributed by atoms with Crippen molar-refractivity contribution >= 4 is 29.8 Å². The number of unbranched alkanes of at least 4 members (excludes halogenated alkanes) is 1. The van der Waals surface area contributed by atoms with E-state index in [4.69, 9.17) is 0 Å². The molecule has 0 fully saturated rings. The van der Waals surface area contributed by atoms with Crippen LogP contribution in [0.3, 0.4) is 0 Å². The van der Waals surface area contributed by atoms with E-state index in [1.165, 1.54) is 12.8 Å². The van der Waals surface area contributed by atoms with E-state index in [-0.39, 0.29) is 29.8 Å². The van der Waals surface area contributed by atoms with Gasteiger partial charge in [-0.3, -0.25) is 0 Å². The zero-order valence-corrected chi connectivity index (χ0v) is 7.97. The van der Waals surface area contributed by atoms with Crippen molar-refractivity contribution in [3.8, 4) is 0 Å². The molecule has 4 heteroatoms. The Balaban J connectivity index is 0. The fraction of sp³-hybridized carbons (Fsp3) is 0.625. The third kappa shape index (κ3) is 4.82. The van der Waals surface area contributed by atoms with Crippen molar-refractivity contribution in [3.63, 3.8) is 0 Å². The largest absolute Gasteiger partial charge is 0.243 e. The third-order valence-electron chi connectivity index (χ3n) is 1.59. The summed E-state index contributed by atoms with van der Waals surface area (Å²) < 4.78 is 4.28. The molecule has 1 aromatic heterocycles. The lowest BCUT2D eigenvalue weighted by atomic mass is 10.3. The van der Waals surface area contributed by atoms with E-state index in [0.717, 1.165) is 6.54 Å². The molecule has 0 atom stereocenters. The molecule has 1 heterocycles. The Morgan fingerprint density at radius 2 is 2.08 bits per heavy atom. The minimum absolute atomic E-state index is 0. The van der Waals surface area contributed by atoms with Gasteiger partial charge in [0.25, 0.3) is 0 Å². The molecule has 0 unspecified atom stereocenters. The lowest BCUT2D eigenvalue weighted by molar-refractivity contribution is -0.696. The van der Waals surface area contributed by atoms with Gasteiger partial charge in [-0.15, -0.1) is 12.4 Å². The Labute approximate surface area is 91.1 Å². The summed E-state index contributed by atoms with van der Waals surface area (Å²) in [7, 11) is 2.04. The molecule has 0 N–H and O–H groups in total. The fourth-order valence-electron chi connectivity index (χ4n) is 0.975. The number of hydrogen-bond acceptors (Lipinski definition) is 0. The first-order valence-electron chi connectivity index (χ1n) is 3.84. The summed E-state index contributed by atoms with van der Waals surface area (Å²) in [6.07, 6.45) is 8.82. The summed E-state index contributed by atoms with van der Waals surface area (Å²) in [5.41, 5.74) is 0. The first-order valence-corrected chi connectivity index (χ1v) is 3.84. The maximum atomic E-state index is 2.21. The highest BCUT2D eigenvalue weighted by molar-refractivity contribution is 5.85. The number of rotatable bonds is 3. The lowest BCUT2D eigenvalue weighted by Crippen LogP contribution is -2.30. The van der Waals surface area contributed by atoms with Crippen molar-refractivity contribution in [2.75, 3.05) is 0 Å². The van der Waals surface area contributed by atoms with Gasteiger partial charge in [0.05, 0.1) is 13.6 Å². The predicted molar refractivity (Wildman–Crippen MR) is 57.7 cm³/mol. The van der Waals surface area contributed by atoms with E-state index >= 15 is 0 Å². The second-order valence-corrected chi connectivity index (χ2v) is 2.67. The standard InChI is InChI=1S/C8H15N2.Al.ClH.3H/c1-3-4-5-10-7-6-9(2)8-10;;;;;/h6-8H,3-5H2,1-2H3;;1H;;;/q+1;;;;;. The maximum Gasteiger partial charge on any atom is 0.243 e. The van der Waals surface area contributed by atoms with Crippen LogP contribution < -0.4 is 4.57 Å². The molecule has 0 amide bonds. The average molecular weight is 206 g/mol. The quantitative estimate of drug-likeness (QED) is 0.498. The molecule has 12 heavy (non-hydrogen) atoms. The molecule has 1 rings (SSSR count). The van der Waals surface area contributed by atoms with Crippen molar-refractivity contribution in [2.45, 2.75) is 26.3 Å². The maximum absolute atomic E-state index is 2.21. The fourth-order valence-corrected chi connectivity index (χ4v) is 0.975. The molecule has 0 aliphatic carbocycles. The number of nitrogens with zero attached hydrogens (tertiary/aromatic N) is 2. The van der Waals surface area contributed by atoms with Crippen molar-refractivity contribution in [3.05, 3.63) is 18.7 Å². The van der Waals surface area contributed by atoms with Crippen LogP contribution in [0.4, 0.5) is 0 Å². The topological polar surface area (TPSA) is 8.81 Å². The van der Waals surface area contributed by atoms with Crippen LogP contribution in [0.2, 0.25) is 0 Å². The van der Waals surface area contributed by atoms with Crippen LogP contribution in [0.15, 0.2) is 18.7 Å². The third-order valence-corrected chi connectivity index (χ3v) is 1.59. The monoisotopic (exact) mass is 205 g/mol. The summed E-state index contributed by atoms with van der Waals surface area (Å²) in [4.78, 5) is 0. The Kier molecular flexibility index (Phi) is 9.30. The number of imidazole rings is 1. The van der Waals surface area contributed by atoms with Crippen LogP contribution in [-0.2, 0) is 13.6 Å². The Morgan fingerprint density at radius 3 is 2.50 bits per heavy atom. The van der Waals surface area contributed by atoms with Gasteiger partial charge in [0, 0.05) is 0 Å². The van der Waals surface area contributed by atoms with Crippen molar-refractivity contribution in [1.29, 1.82) is 0 Å². The summed E-state index contributed by atoms with van der Waals surface area (Å²) in [5.74, 6) is 0. The normalized spacial score (nSPS) is 8.50. The van der Waals surface area contributed by atoms with Crippen LogP contribution in [0.25, 0.3) is 0 Å². The second kappa shape index (κ2) is 7.67. The van der Waals surface area contributed by atoms with E-state index in [2.05, 4.69) is 34.8 Å². The minimum Gasteiger partial charge on any atom is -0.240 e. The average Bonchev–Trinajstić information content (AvgIpc) is 2.31. The van der Waals surface area contributed by atoms with E-state index in [1.54, 1.807) is 0 Å². The van der Waals surface area contributed by atoms with Gasteiger partial charge < -0.3 is 0 Å². The minimum atomic E-state index is 0. The number of halogens is 1. The van der Waals surface area contributed by atoms with Gasteiger partial charge in [-0.1, -0.05) is 13.3 Å². The van der Waals surface area contributed by atoms with Gasteiger partial charge in [0.1, 0.15) is 12.4 Å². The zero-order valence-electron chi connectivity index (χ0n) is 7.16. The van der Waals surface area contributed by atoms with E-state index in [9.17, 15) is 0 Å². The Hall–Kier alpha value is 0.0325. The van der Waals surface area contributed by atoms with Gasteiger partial charge in [-0.25, -0.2) is 9.13 Å². The van der Waals surface area contributed by atoms with Crippen molar-refractivity contribution in [2.24, 2.45) is 7.05 Å². The molecule has 0 radical (unpaired) electrons. The molecule has 2 nitrogen and oxygen atoms in total. The number of aryl methyl sites for hydroxylation is 2. The molecule has 0 spiro atoms. The van der Waals surface area contributed by atoms with E-state index in [1.807, 2.05) is 7.05 Å². The molecule has 70 valence electrons. The molecule has 0 saturated carbocycles. The highest BCUT2D eigenvalue weighted by Gasteiger charge is 1.96. The molecule has 0 aliphatic rings. The Morgan fingerprint density at radius 1 is 1.42 bits per heavy atom. The highest BCUT2D eigenvalue weighted by atomic mass is 35.5. The molecule has 0 aromatic carbocycles. The molecule has 1 aromatic rings. The van der Waals surface area contributed by atoms with Crippen LogP contribution in [0, 0.1) is 0 Å². The van der Waals surface area contributed by atoms with Crippen molar-refractivity contribution < 1.29 is 4.57 Å². The van der Waals surface area contributed by atoms with Crippen LogP contribution in [0.1, 0.15) is 19.8 Å². The molecule has 0 aliphatic heterocycles. The van der Waals surface area contributed by atoms with Crippen LogP contribution in [-0.4, -0.2) is 21.9 Å². The number of hydrogen-bond donors (Lipinski definition) is 0. The van der Waals surface area contributed by atoms with Gasteiger partial charge >= 0.3 is 0 Å². The highest BCUT2D eigenvalue weighted by Crippen LogP contribution is 1.85. The summed E-state index contributed by atoms with van der Waals surface area (Å²) in [5, 5.41) is 0. The molecule has 0 bridgehead atoms. The first-order chi connectivity index (χ1) is 4.83. The summed E-state index contributed by atoms with van der Waals surface area (Å²) >= 11 is 0. The van der Waals surface area contributed by atoms with Gasteiger partial charge in [0.15, 0.2) is 17.4 Å². The summed E-state index contributed by atoms with van der Waals surface area (Å²) in [6.45, 7) is 3.36. The van der Waals surface area contributed by atoms with Crippen molar-refractivity contribution in [1.82, 2.24) is 4.57 Å². The lowest BCUT2D eigenvalue weighted by Gasteiger charge is -1.90. The van der Waals surface area contributed by atoms with Crippen LogP contribution in [0.5, 0.6) is 0 Å². The molecule has 0 saturated heterocycles. The molecular formula is C8H19AlClN2+. The van der Waals surface area contributed by atoms with Gasteiger partial charge in [0.2, 0.25) is 6.33 Å². The van der Waals surface area contributed by atoms with Gasteiger partial charge in [-0.05, 0) is 6.42 Å². The Bertz CT molecular complexity index is 201. The smallest absolute Gasteiger partial charge is 0.240 e. The number of aromatic nitrogens is 2. The van der Waals surface area contributed by atoms with E-state index in [0.29, 0.717) is 0 Å². The predicted octanol–water partition coefficient (Wildman–Crippen LogP) is 0.351. The van der Waals surface area contributed by atoms with Gasteiger partial charge in [-0.2, -0.15) is 0 Å². The SMILES string of the molecule is CCCC[n+]1ccn(C)c1.Cl.[AlH3]. The first kappa shape index (κ1) is 14.6. The second-order valence-electron chi connectivity index (χ2n) is 2.67.